The highest BCUT2D eigenvalue weighted by Gasteiger charge is 2.13. The third-order valence-electron chi connectivity index (χ3n) is 3.23. The lowest BCUT2D eigenvalue weighted by Crippen LogP contribution is -2.29. The van der Waals surface area contributed by atoms with Gasteiger partial charge in [0.15, 0.2) is 11.6 Å². The van der Waals surface area contributed by atoms with Crippen molar-refractivity contribution in [1.82, 2.24) is 10.4 Å². The first-order valence-corrected chi connectivity index (χ1v) is 6.46. The molecule has 0 aliphatic carbocycles. The van der Waals surface area contributed by atoms with Crippen LogP contribution in [0.1, 0.15) is 17.2 Å². The molecule has 1 aromatic carbocycles. The minimum absolute atomic E-state index is 0.209. The van der Waals surface area contributed by atoms with Crippen LogP contribution < -0.4 is 20.7 Å². The van der Waals surface area contributed by atoms with Gasteiger partial charge in [-0.25, -0.2) is 9.37 Å². The highest BCUT2D eigenvalue weighted by atomic mass is 19.1. The average Bonchev–Trinajstić information content (AvgIpc) is 2.53. The number of rotatable bonds is 6. The Morgan fingerprint density at radius 1 is 1.24 bits per heavy atom. The van der Waals surface area contributed by atoms with Gasteiger partial charge < -0.3 is 9.47 Å². The molecule has 0 aliphatic rings. The Morgan fingerprint density at radius 2 is 2.05 bits per heavy atom. The molecule has 0 saturated heterocycles. The molecule has 0 bridgehead atoms. The molecule has 1 atom stereocenters. The van der Waals surface area contributed by atoms with Gasteiger partial charge in [-0.15, -0.1) is 0 Å². The molecule has 1 aromatic heterocycles. The zero-order valence-corrected chi connectivity index (χ0v) is 12.0. The molecule has 2 aromatic rings. The van der Waals surface area contributed by atoms with Crippen LogP contribution in [0.4, 0.5) is 4.39 Å². The van der Waals surface area contributed by atoms with Gasteiger partial charge in [0.2, 0.25) is 5.88 Å². The number of hydrogen-bond donors (Lipinski definition) is 2. The molecule has 1 unspecified atom stereocenters. The molecule has 6 heteroatoms. The normalized spacial score (nSPS) is 12.0. The first-order valence-electron chi connectivity index (χ1n) is 6.46. The zero-order valence-electron chi connectivity index (χ0n) is 12.0. The Balaban J connectivity index is 2.16. The van der Waals surface area contributed by atoms with Gasteiger partial charge in [0.25, 0.3) is 0 Å². The summed E-state index contributed by atoms with van der Waals surface area (Å²) in [5.41, 5.74) is 4.40. The van der Waals surface area contributed by atoms with Crippen molar-refractivity contribution in [1.29, 1.82) is 0 Å². The lowest BCUT2D eigenvalue weighted by molar-refractivity contribution is 0.385. The maximum atomic E-state index is 13.8. The number of benzene rings is 1. The minimum atomic E-state index is -0.414. The van der Waals surface area contributed by atoms with E-state index >= 15 is 0 Å². The Kier molecular flexibility index (Phi) is 5.08. The van der Waals surface area contributed by atoms with E-state index in [1.807, 2.05) is 6.07 Å². The number of aromatic nitrogens is 1. The molecule has 5 nitrogen and oxygen atoms in total. The summed E-state index contributed by atoms with van der Waals surface area (Å²) in [6.07, 6.45) is 2.29. The summed E-state index contributed by atoms with van der Waals surface area (Å²) in [4.78, 5) is 4.14. The monoisotopic (exact) mass is 291 g/mol. The van der Waals surface area contributed by atoms with Gasteiger partial charge in [0, 0.05) is 12.3 Å². The summed E-state index contributed by atoms with van der Waals surface area (Å²) < 4.78 is 23.7. The highest BCUT2D eigenvalue weighted by molar-refractivity contribution is 5.32. The van der Waals surface area contributed by atoms with Crippen molar-refractivity contribution in [3.8, 4) is 11.6 Å². The van der Waals surface area contributed by atoms with Crippen LogP contribution in [0, 0.1) is 5.82 Å². The molecule has 21 heavy (non-hydrogen) atoms. The molecule has 1 heterocycles. The largest absolute Gasteiger partial charge is 0.494 e. The fourth-order valence-electron chi connectivity index (χ4n) is 2.06. The Hall–Kier alpha value is -2.18. The SMILES string of the molecule is COc1ccc(CC(NN)c2ccc(OC)c(F)c2)cn1. The predicted molar refractivity (Wildman–Crippen MR) is 77.5 cm³/mol. The molecule has 0 radical (unpaired) electrons. The molecule has 0 aliphatic heterocycles. The minimum Gasteiger partial charge on any atom is -0.494 e. The van der Waals surface area contributed by atoms with Crippen LogP contribution in [0.2, 0.25) is 0 Å². The van der Waals surface area contributed by atoms with Crippen molar-refractivity contribution < 1.29 is 13.9 Å². The zero-order chi connectivity index (χ0) is 15.2. The lowest BCUT2D eigenvalue weighted by atomic mass is 10.00. The smallest absolute Gasteiger partial charge is 0.212 e. The molecular formula is C15H18FN3O2. The van der Waals surface area contributed by atoms with Crippen LogP contribution in [0.3, 0.4) is 0 Å². The number of nitrogens with zero attached hydrogens (tertiary/aromatic N) is 1. The van der Waals surface area contributed by atoms with Crippen LogP contribution in [0.5, 0.6) is 11.6 Å². The van der Waals surface area contributed by atoms with E-state index < -0.39 is 5.82 Å². The van der Waals surface area contributed by atoms with Gasteiger partial charge >= 0.3 is 0 Å². The van der Waals surface area contributed by atoms with E-state index in [9.17, 15) is 4.39 Å². The fraction of sp³-hybridized carbons (Fsp3) is 0.267. The summed E-state index contributed by atoms with van der Waals surface area (Å²) in [7, 11) is 2.99. The van der Waals surface area contributed by atoms with E-state index in [4.69, 9.17) is 15.3 Å². The van der Waals surface area contributed by atoms with Crippen LogP contribution in [-0.2, 0) is 6.42 Å². The Bertz CT molecular complexity index is 590. The lowest BCUT2D eigenvalue weighted by Gasteiger charge is -2.17. The quantitative estimate of drug-likeness (QED) is 0.629. The standard InChI is InChI=1S/C15H18FN3O2/c1-20-14-5-4-11(8-12(14)16)13(19-17)7-10-3-6-15(21-2)18-9-10/h3-6,8-9,13,19H,7,17H2,1-2H3. The third kappa shape index (κ3) is 3.68. The van der Waals surface area contributed by atoms with Gasteiger partial charge in [-0.05, 0) is 29.7 Å². The number of ether oxygens (including phenoxy) is 2. The summed E-state index contributed by atoms with van der Waals surface area (Å²) in [5, 5.41) is 0. The molecule has 3 N–H and O–H groups in total. The number of pyridine rings is 1. The molecule has 2 rings (SSSR count). The van der Waals surface area contributed by atoms with Crippen molar-refractivity contribution in [3.63, 3.8) is 0 Å². The molecule has 0 fully saturated rings. The number of nitrogens with two attached hydrogens (primary N) is 1. The van der Waals surface area contributed by atoms with E-state index in [1.165, 1.54) is 13.2 Å². The Labute approximate surface area is 122 Å². The number of hydrazine groups is 1. The van der Waals surface area contributed by atoms with Gasteiger partial charge in [0.05, 0.1) is 20.3 Å². The van der Waals surface area contributed by atoms with Crippen LogP contribution >= 0.6 is 0 Å². The second-order valence-electron chi connectivity index (χ2n) is 4.53. The first-order chi connectivity index (χ1) is 10.2. The van der Waals surface area contributed by atoms with E-state index in [2.05, 4.69) is 10.4 Å². The van der Waals surface area contributed by atoms with Gasteiger partial charge in [-0.1, -0.05) is 12.1 Å². The number of hydrogen-bond acceptors (Lipinski definition) is 5. The molecule has 112 valence electrons. The topological polar surface area (TPSA) is 69.4 Å². The van der Waals surface area contributed by atoms with E-state index in [0.717, 1.165) is 11.1 Å². The van der Waals surface area contributed by atoms with E-state index in [0.29, 0.717) is 12.3 Å². The van der Waals surface area contributed by atoms with Crippen molar-refractivity contribution >= 4 is 0 Å². The van der Waals surface area contributed by atoms with Crippen molar-refractivity contribution in [3.05, 3.63) is 53.5 Å². The van der Waals surface area contributed by atoms with Crippen LogP contribution in [-0.4, -0.2) is 19.2 Å². The van der Waals surface area contributed by atoms with Crippen molar-refractivity contribution in [2.45, 2.75) is 12.5 Å². The molecule has 0 saturated carbocycles. The second-order valence-corrected chi connectivity index (χ2v) is 4.53. The van der Waals surface area contributed by atoms with Crippen molar-refractivity contribution in [2.24, 2.45) is 5.84 Å². The average molecular weight is 291 g/mol. The van der Waals surface area contributed by atoms with E-state index in [-0.39, 0.29) is 11.8 Å². The van der Waals surface area contributed by atoms with Gasteiger partial charge in [0.1, 0.15) is 0 Å². The van der Waals surface area contributed by atoms with E-state index in [1.54, 1.807) is 31.5 Å². The number of halogens is 1. The van der Waals surface area contributed by atoms with Crippen LogP contribution in [0.15, 0.2) is 36.5 Å². The fourth-order valence-corrected chi connectivity index (χ4v) is 2.06. The number of nitrogens with one attached hydrogen (secondary N) is 1. The first kappa shape index (κ1) is 15.2. The summed E-state index contributed by atoms with van der Waals surface area (Å²) in [5.74, 6) is 5.92. The van der Waals surface area contributed by atoms with Gasteiger partial charge in [-0.3, -0.25) is 11.3 Å². The highest BCUT2D eigenvalue weighted by Crippen LogP contribution is 2.24. The third-order valence-corrected chi connectivity index (χ3v) is 3.23. The maximum absolute atomic E-state index is 13.8. The summed E-state index contributed by atoms with van der Waals surface area (Å²) >= 11 is 0. The number of methoxy groups -OCH3 is 2. The summed E-state index contributed by atoms with van der Waals surface area (Å²) in [6.45, 7) is 0. The van der Waals surface area contributed by atoms with Crippen LogP contribution in [0.25, 0.3) is 0 Å². The maximum Gasteiger partial charge on any atom is 0.212 e. The summed E-state index contributed by atoms with van der Waals surface area (Å²) in [6, 6.07) is 8.24. The molecular weight excluding hydrogens is 273 g/mol. The Morgan fingerprint density at radius 3 is 2.57 bits per heavy atom. The second kappa shape index (κ2) is 7.01. The predicted octanol–water partition coefficient (Wildman–Crippen LogP) is 1.99. The molecule has 0 amide bonds. The van der Waals surface area contributed by atoms with Crippen molar-refractivity contribution in [2.75, 3.05) is 14.2 Å². The molecule has 0 spiro atoms. The van der Waals surface area contributed by atoms with Gasteiger partial charge in [-0.2, -0.15) is 0 Å².